The molecule has 0 fully saturated rings. The third-order valence-corrected chi connectivity index (χ3v) is 2.83. The lowest BCUT2D eigenvalue weighted by molar-refractivity contribution is -0.122. The zero-order valence-electron chi connectivity index (χ0n) is 11.6. The third-order valence-electron chi connectivity index (χ3n) is 2.83. The molecule has 4 nitrogen and oxygen atoms in total. The number of nitrogens with one attached hydrogen (secondary N) is 1. The molecule has 0 aliphatic rings. The average Bonchev–Trinajstić information content (AvgIpc) is 2.38. The molecule has 0 aliphatic carbocycles. The fourth-order valence-electron chi connectivity index (χ4n) is 1.81. The van der Waals surface area contributed by atoms with Crippen LogP contribution in [-0.2, 0) is 4.79 Å². The Bertz CT molecular complexity index is 611. The SMILES string of the molecule is Cc1cccc(NC(=O)[C@@H](C)Oc2cccc(N)c2)c1. The van der Waals surface area contributed by atoms with Gasteiger partial charge in [0, 0.05) is 17.4 Å². The second kappa shape index (κ2) is 6.10. The maximum Gasteiger partial charge on any atom is 0.265 e. The molecule has 0 bridgehead atoms. The molecule has 20 heavy (non-hydrogen) atoms. The molecule has 2 aromatic rings. The van der Waals surface area contributed by atoms with E-state index >= 15 is 0 Å². The number of anilines is 2. The van der Waals surface area contributed by atoms with Crippen LogP contribution in [0, 0.1) is 6.92 Å². The van der Waals surface area contributed by atoms with Crippen molar-refractivity contribution in [2.45, 2.75) is 20.0 Å². The van der Waals surface area contributed by atoms with Crippen LogP contribution in [0.5, 0.6) is 5.75 Å². The van der Waals surface area contributed by atoms with Crippen molar-refractivity contribution in [2.75, 3.05) is 11.1 Å². The first kappa shape index (κ1) is 13.9. The lowest BCUT2D eigenvalue weighted by Gasteiger charge is -2.15. The number of amides is 1. The van der Waals surface area contributed by atoms with Crippen LogP contribution in [0.1, 0.15) is 12.5 Å². The number of benzene rings is 2. The molecule has 0 radical (unpaired) electrons. The topological polar surface area (TPSA) is 64.3 Å². The van der Waals surface area contributed by atoms with Gasteiger partial charge >= 0.3 is 0 Å². The van der Waals surface area contributed by atoms with E-state index in [-0.39, 0.29) is 5.91 Å². The zero-order chi connectivity index (χ0) is 14.5. The molecule has 104 valence electrons. The van der Waals surface area contributed by atoms with Crippen molar-refractivity contribution in [3.63, 3.8) is 0 Å². The monoisotopic (exact) mass is 270 g/mol. The number of hydrogen-bond acceptors (Lipinski definition) is 3. The molecule has 1 atom stereocenters. The molecule has 0 spiro atoms. The lowest BCUT2D eigenvalue weighted by atomic mass is 10.2. The van der Waals surface area contributed by atoms with Gasteiger partial charge in [-0.1, -0.05) is 18.2 Å². The Hall–Kier alpha value is -2.49. The van der Waals surface area contributed by atoms with E-state index in [1.807, 2.05) is 31.2 Å². The van der Waals surface area contributed by atoms with E-state index in [4.69, 9.17) is 10.5 Å². The summed E-state index contributed by atoms with van der Waals surface area (Å²) in [5.74, 6) is 0.384. The van der Waals surface area contributed by atoms with Crippen LogP contribution in [0.4, 0.5) is 11.4 Å². The molecular weight excluding hydrogens is 252 g/mol. The Morgan fingerprint density at radius 3 is 2.65 bits per heavy atom. The summed E-state index contributed by atoms with van der Waals surface area (Å²) in [6, 6.07) is 14.6. The molecule has 1 amide bonds. The number of carbonyl (C=O) groups excluding carboxylic acids is 1. The fourth-order valence-corrected chi connectivity index (χ4v) is 1.81. The quantitative estimate of drug-likeness (QED) is 0.839. The van der Waals surface area contributed by atoms with Crippen molar-refractivity contribution >= 4 is 17.3 Å². The molecular formula is C16H18N2O2. The highest BCUT2D eigenvalue weighted by molar-refractivity contribution is 5.94. The van der Waals surface area contributed by atoms with Crippen LogP contribution >= 0.6 is 0 Å². The van der Waals surface area contributed by atoms with Gasteiger partial charge in [-0.3, -0.25) is 4.79 Å². The van der Waals surface area contributed by atoms with E-state index in [2.05, 4.69) is 5.32 Å². The van der Waals surface area contributed by atoms with Gasteiger partial charge in [-0.2, -0.15) is 0 Å². The summed E-state index contributed by atoms with van der Waals surface area (Å²) in [5, 5.41) is 2.82. The van der Waals surface area contributed by atoms with Gasteiger partial charge in [0.1, 0.15) is 5.75 Å². The number of hydrogen-bond donors (Lipinski definition) is 2. The maximum absolute atomic E-state index is 12.0. The molecule has 2 aromatic carbocycles. The standard InChI is InChI=1S/C16H18N2O2/c1-11-5-3-7-14(9-11)18-16(19)12(2)20-15-8-4-6-13(17)10-15/h3-10,12H,17H2,1-2H3,(H,18,19)/t12-/m1/s1. The Morgan fingerprint density at radius 2 is 1.95 bits per heavy atom. The van der Waals surface area contributed by atoms with Gasteiger partial charge in [-0.25, -0.2) is 0 Å². The van der Waals surface area contributed by atoms with Crippen molar-refractivity contribution in [3.8, 4) is 5.75 Å². The van der Waals surface area contributed by atoms with Crippen LogP contribution in [0.15, 0.2) is 48.5 Å². The van der Waals surface area contributed by atoms with Gasteiger partial charge in [-0.05, 0) is 43.7 Å². The van der Waals surface area contributed by atoms with E-state index in [9.17, 15) is 4.79 Å². The molecule has 3 N–H and O–H groups in total. The second-order valence-electron chi connectivity index (χ2n) is 4.69. The van der Waals surface area contributed by atoms with E-state index in [1.54, 1.807) is 31.2 Å². The average molecular weight is 270 g/mol. The molecule has 0 saturated heterocycles. The van der Waals surface area contributed by atoms with Crippen LogP contribution < -0.4 is 15.8 Å². The van der Waals surface area contributed by atoms with Crippen molar-refractivity contribution in [1.82, 2.24) is 0 Å². The summed E-state index contributed by atoms with van der Waals surface area (Å²) >= 11 is 0. The molecule has 0 saturated carbocycles. The lowest BCUT2D eigenvalue weighted by Crippen LogP contribution is -2.30. The van der Waals surface area contributed by atoms with Crippen molar-refractivity contribution < 1.29 is 9.53 Å². The van der Waals surface area contributed by atoms with Gasteiger partial charge in [0.2, 0.25) is 0 Å². The number of nitrogens with two attached hydrogens (primary N) is 1. The van der Waals surface area contributed by atoms with Crippen LogP contribution in [-0.4, -0.2) is 12.0 Å². The number of ether oxygens (including phenoxy) is 1. The largest absolute Gasteiger partial charge is 0.481 e. The summed E-state index contributed by atoms with van der Waals surface area (Å²) in [5.41, 5.74) is 8.13. The highest BCUT2D eigenvalue weighted by atomic mass is 16.5. The molecule has 4 heteroatoms. The Labute approximate surface area is 118 Å². The Balaban J connectivity index is 1.98. The Kier molecular flexibility index (Phi) is 4.25. The minimum atomic E-state index is -0.600. The molecule has 2 rings (SSSR count). The van der Waals surface area contributed by atoms with E-state index in [0.29, 0.717) is 11.4 Å². The highest BCUT2D eigenvalue weighted by Crippen LogP contribution is 2.17. The first-order chi connectivity index (χ1) is 9.54. The van der Waals surface area contributed by atoms with Gasteiger partial charge in [0.15, 0.2) is 6.10 Å². The first-order valence-electron chi connectivity index (χ1n) is 6.44. The van der Waals surface area contributed by atoms with E-state index < -0.39 is 6.10 Å². The Morgan fingerprint density at radius 1 is 1.20 bits per heavy atom. The van der Waals surface area contributed by atoms with E-state index in [0.717, 1.165) is 11.3 Å². The minimum Gasteiger partial charge on any atom is -0.481 e. The predicted octanol–water partition coefficient (Wildman–Crippen LogP) is 2.98. The summed E-state index contributed by atoms with van der Waals surface area (Å²) in [4.78, 5) is 12.0. The highest BCUT2D eigenvalue weighted by Gasteiger charge is 2.14. The molecule has 0 aromatic heterocycles. The normalized spacial score (nSPS) is 11.7. The third kappa shape index (κ3) is 3.75. The second-order valence-corrected chi connectivity index (χ2v) is 4.69. The van der Waals surface area contributed by atoms with Crippen molar-refractivity contribution in [1.29, 1.82) is 0 Å². The van der Waals surface area contributed by atoms with Gasteiger partial charge in [0.05, 0.1) is 0 Å². The van der Waals surface area contributed by atoms with Gasteiger partial charge in [0.25, 0.3) is 5.91 Å². The molecule has 0 heterocycles. The van der Waals surface area contributed by atoms with Crippen LogP contribution in [0.2, 0.25) is 0 Å². The van der Waals surface area contributed by atoms with Crippen LogP contribution in [0.25, 0.3) is 0 Å². The number of nitrogen functional groups attached to an aromatic ring is 1. The number of carbonyl (C=O) groups is 1. The van der Waals surface area contributed by atoms with Crippen molar-refractivity contribution in [3.05, 3.63) is 54.1 Å². The first-order valence-corrected chi connectivity index (χ1v) is 6.44. The van der Waals surface area contributed by atoms with E-state index in [1.165, 1.54) is 0 Å². The maximum atomic E-state index is 12.0. The predicted molar refractivity (Wildman–Crippen MR) is 80.8 cm³/mol. The fraction of sp³-hybridized carbons (Fsp3) is 0.188. The molecule has 0 aliphatic heterocycles. The molecule has 0 unspecified atom stereocenters. The minimum absolute atomic E-state index is 0.196. The summed E-state index contributed by atoms with van der Waals surface area (Å²) in [7, 11) is 0. The van der Waals surface area contributed by atoms with Crippen LogP contribution in [0.3, 0.4) is 0 Å². The van der Waals surface area contributed by atoms with Gasteiger partial charge in [-0.15, -0.1) is 0 Å². The van der Waals surface area contributed by atoms with Gasteiger partial charge < -0.3 is 15.8 Å². The summed E-state index contributed by atoms with van der Waals surface area (Å²) < 4.78 is 5.57. The smallest absolute Gasteiger partial charge is 0.265 e. The number of rotatable bonds is 4. The summed E-state index contributed by atoms with van der Waals surface area (Å²) in [6.07, 6.45) is -0.600. The summed E-state index contributed by atoms with van der Waals surface area (Å²) in [6.45, 7) is 3.68. The number of aryl methyl sites for hydroxylation is 1. The zero-order valence-corrected chi connectivity index (χ0v) is 11.6. The van der Waals surface area contributed by atoms with Crippen molar-refractivity contribution in [2.24, 2.45) is 0 Å².